The fraction of sp³-hybridized carbons (Fsp3) is 0.188. The van der Waals surface area contributed by atoms with Gasteiger partial charge in [0, 0.05) is 18.7 Å². The molecule has 0 saturated heterocycles. The lowest BCUT2D eigenvalue weighted by Crippen LogP contribution is -2.16. The topological polar surface area (TPSA) is 29.1 Å². The minimum absolute atomic E-state index is 0.00130. The van der Waals surface area contributed by atoms with Gasteiger partial charge in [0.05, 0.1) is 5.92 Å². The van der Waals surface area contributed by atoms with E-state index in [1.807, 2.05) is 54.6 Å². The number of hydrogen-bond acceptors (Lipinski definition) is 2. The molecule has 18 heavy (non-hydrogen) atoms. The lowest BCUT2D eigenvalue weighted by molar-refractivity contribution is -0.119. The Balaban J connectivity index is 1.79. The summed E-state index contributed by atoms with van der Waals surface area (Å²) in [4.78, 5) is 12.3. The number of carbonyl (C=O) groups is 1. The number of benzene rings is 2. The molecule has 0 spiro atoms. The van der Waals surface area contributed by atoms with Crippen molar-refractivity contribution in [3.05, 3.63) is 65.7 Å². The molecule has 0 saturated carbocycles. The lowest BCUT2D eigenvalue weighted by atomic mass is 9.93. The summed E-state index contributed by atoms with van der Waals surface area (Å²) in [5.41, 5.74) is 3.33. The highest BCUT2D eigenvalue weighted by atomic mass is 16.1. The van der Waals surface area contributed by atoms with Gasteiger partial charge in [-0.15, -0.1) is 0 Å². The lowest BCUT2D eigenvalue weighted by Gasteiger charge is -2.09. The van der Waals surface area contributed by atoms with Crippen molar-refractivity contribution in [1.82, 2.24) is 0 Å². The maximum atomic E-state index is 12.3. The maximum absolute atomic E-state index is 12.3. The van der Waals surface area contributed by atoms with Gasteiger partial charge in [-0.1, -0.05) is 48.5 Å². The molecule has 1 atom stereocenters. The Kier molecular flexibility index (Phi) is 2.85. The molecule has 90 valence electrons. The molecule has 2 heteroatoms. The number of Topliss-reactive ketones (excluding diaryl/α,β-unsaturated/α-hetero) is 1. The summed E-state index contributed by atoms with van der Waals surface area (Å²) >= 11 is 0. The Labute approximate surface area is 107 Å². The van der Waals surface area contributed by atoms with Crippen LogP contribution in [0.5, 0.6) is 0 Å². The summed E-state index contributed by atoms with van der Waals surface area (Å²) in [6, 6.07) is 18.0. The molecular weight excluding hydrogens is 222 g/mol. The predicted octanol–water partition coefficient (Wildman–Crippen LogP) is 3.01. The SMILES string of the molecule is O=C(Cc1ccccc1)C1CNc2ccccc21. The Morgan fingerprint density at radius 3 is 2.61 bits per heavy atom. The van der Waals surface area contributed by atoms with Gasteiger partial charge in [-0.05, 0) is 17.2 Å². The monoisotopic (exact) mass is 237 g/mol. The summed E-state index contributed by atoms with van der Waals surface area (Å²) < 4.78 is 0. The van der Waals surface area contributed by atoms with E-state index in [2.05, 4.69) is 5.32 Å². The smallest absolute Gasteiger partial charge is 0.146 e. The molecular formula is C16H15NO. The second-order valence-corrected chi connectivity index (χ2v) is 4.65. The first kappa shape index (κ1) is 11.0. The molecule has 2 aromatic rings. The molecule has 0 aromatic heterocycles. The van der Waals surface area contributed by atoms with Crippen molar-refractivity contribution >= 4 is 11.5 Å². The van der Waals surface area contributed by atoms with Crippen LogP contribution in [0.4, 0.5) is 5.69 Å². The quantitative estimate of drug-likeness (QED) is 0.889. The second-order valence-electron chi connectivity index (χ2n) is 4.65. The van der Waals surface area contributed by atoms with E-state index < -0.39 is 0 Å². The van der Waals surface area contributed by atoms with Gasteiger partial charge in [0.1, 0.15) is 5.78 Å². The zero-order valence-corrected chi connectivity index (χ0v) is 10.1. The van der Waals surface area contributed by atoms with Crippen LogP contribution in [0.3, 0.4) is 0 Å². The van der Waals surface area contributed by atoms with Gasteiger partial charge in [0.15, 0.2) is 0 Å². The molecule has 0 aliphatic carbocycles. The summed E-state index contributed by atoms with van der Waals surface area (Å²) in [5, 5.41) is 3.30. The highest BCUT2D eigenvalue weighted by Crippen LogP contribution is 2.32. The summed E-state index contributed by atoms with van der Waals surface area (Å²) in [6.07, 6.45) is 0.515. The number of nitrogens with one attached hydrogen (secondary N) is 1. The van der Waals surface area contributed by atoms with Crippen molar-refractivity contribution in [3.63, 3.8) is 0 Å². The number of para-hydroxylation sites is 1. The van der Waals surface area contributed by atoms with Crippen LogP contribution in [0.2, 0.25) is 0 Å². The van der Waals surface area contributed by atoms with Crippen LogP contribution in [0.15, 0.2) is 54.6 Å². The number of anilines is 1. The van der Waals surface area contributed by atoms with Crippen molar-refractivity contribution in [2.24, 2.45) is 0 Å². The molecule has 1 heterocycles. The van der Waals surface area contributed by atoms with Crippen LogP contribution in [0, 0.1) is 0 Å². The van der Waals surface area contributed by atoms with E-state index in [-0.39, 0.29) is 5.92 Å². The van der Waals surface area contributed by atoms with Crippen LogP contribution in [-0.2, 0) is 11.2 Å². The fourth-order valence-corrected chi connectivity index (χ4v) is 2.49. The number of carbonyl (C=O) groups excluding carboxylic acids is 1. The summed E-state index contributed by atoms with van der Waals surface area (Å²) in [6.45, 7) is 0.727. The molecule has 2 aromatic carbocycles. The number of hydrogen-bond donors (Lipinski definition) is 1. The van der Waals surface area contributed by atoms with Crippen LogP contribution < -0.4 is 5.32 Å². The molecule has 3 rings (SSSR count). The van der Waals surface area contributed by atoms with Crippen molar-refractivity contribution in [2.45, 2.75) is 12.3 Å². The highest BCUT2D eigenvalue weighted by molar-refractivity contribution is 5.91. The minimum atomic E-state index is 0.00130. The molecule has 2 nitrogen and oxygen atoms in total. The third-order valence-corrected chi connectivity index (χ3v) is 3.44. The van der Waals surface area contributed by atoms with E-state index in [9.17, 15) is 4.79 Å². The minimum Gasteiger partial charge on any atom is -0.384 e. The Hall–Kier alpha value is -2.09. The van der Waals surface area contributed by atoms with Gasteiger partial charge in [-0.25, -0.2) is 0 Å². The highest BCUT2D eigenvalue weighted by Gasteiger charge is 2.27. The summed E-state index contributed by atoms with van der Waals surface area (Å²) in [7, 11) is 0. The van der Waals surface area contributed by atoms with E-state index >= 15 is 0 Å². The second kappa shape index (κ2) is 4.65. The third kappa shape index (κ3) is 2.02. The van der Waals surface area contributed by atoms with Crippen molar-refractivity contribution in [3.8, 4) is 0 Å². The van der Waals surface area contributed by atoms with Crippen molar-refractivity contribution < 1.29 is 4.79 Å². The Morgan fingerprint density at radius 1 is 1.06 bits per heavy atom. The molecule has 1 unspecified atom stereocenters. The van der Waals surface area contributed by atoms with E-state index in [0.29, 0.717) is 12.2 Å². The van der Waals surface area contributed by atoms with E-state index in [1.54, 1.807) is 0 Å². The normalized spacial score (nSPS) is 17.0. The van der Waals surface area contributed by atoms with E-state index in [1.165, 1.54) is 0 Å². The molecule has 1 aliphatic rings. The molecule has 0 amide bonds. The molecule has 1 N–H and O–H groups in total. The van der Waals surface area contributed by atoms with Gasteiger partial charge >= 0.3 is 0 Å². The van der Waals surface area contributed by atoms with Crippen LogP contribution >= 0.6 is 0 Å². The first-order chi connectivity index (χ1) is 8.84. The van der Waals surface area contributed by atoms with Gasteiger partial charge in [-0.2, -0.15) is 0 Å². The Bertz CT molecular complexity index is 562. The van der Waals surface area contributed by atoms with Gasteiger partial charge < -0.3 is 5.32 Å². The first-order valence-corrected chi connectivity index (χ1v) is 6.24. The van der Waals surface area contributed by atoms with Gasteiger partial charge in [0.2, 0.25) is 0 Å². The number of ketones is 1. The third-order valence-electron chi connectivity index (χ3n) is 3.44. The Morgan fingerprint density at radius 2 is 1.78 bits per heavy atom. The zero-order chi connectivity index (χ0) is 12.4. The number of fused-ring (bicyclic) bond motifs is 1. The zero-order valence-electron chi connectivity index (χ0n) is 10.1. The molecule has 0 fully saturated rings. The average Bonchev–Trinajstić information content (AvgIpc) is 2.84. The van der Waals surface area contributed by atoms with Crippen molar-refractivity contribution in [1.29, 1.82) is 0 Å². The van der Waals surface area contributed by atoms with Crippen LogP contribution in [0.1, 0.15) is 17.0 Å². The van der Waals surface area contributed by atoms with E-state index in [0.717, 1.165) is 23.4 Å². The van der Waals surface area contributed by atoms with Crippen LogP contribution in [0.25, 0.3) is 0 Å². The van der Waals surface area contributed by atoms with Gasteiger partial charge in [0.25, 0.3) is 0 Å². The largest absolute Gasteiger partial charge is 0.384 e. The van der Waals surface area contributed by atoms with E-state index in [4.69, 9.17) is 0 Å². The number of rotatable bonds is 3. The predicted molar refractivity (Wildman–Crippen MR) is 72.8 cm³/mol. The molecule has 1 aliphatic heterocycles. The average molecular weight is 237 g/mol. The maximum Gasteiger partial charge on any atom is 0.146 e. The standard InChI is InChI=1S/C16H15NO/c18-16(10-12-6-2-1-3-7-12)14-11-17-15-9-5-4-8-13(14)15/h1-9,14,17H,10-11H2. The molecule has 0 bridgehead atoms. The molecule has 0 radical (unpaired) electrons. The van der Waals surface area contributed by atoms with Crippen molar-refractivity contribution in [2.75, 3.05) is 11.9 Å². The van der Waals surface area contributed by atoms with Crippen LogP contribution in [-0.4, -0.2) is 12.3 Å². The summed E-state index contributed by atoms with van der Waals surface area (Å²) in [5.74, 6) is 0.292. The first-order valence-electron chi connectivity index (χ1n) is 6.24. The van der Waals surface area contributed by atoms with Gasteiger partial charge in [-0.3, -0.25) is 4.79 Å². The fourth-order valence-electron chi connectivity index (χ4n) is 2.49.